The van der Waals surface area contributed by atoms with Crippen molar-refractivity contribution in [1.29, 1.82) is 0 Å². The zero-order chi connectivity index (χ0) is 40.5. The van der Waals surface area contributed by atoms with Crippen LogP contribution in [0.2, 0.25) is 0 Å². The van der Waals surface area contributed by atoms with E-state index in [4.69, 9.17) is 9.97 Å². The van der Waals surface area contributed by atoms with Crippen LogP contribution < -0.4 is 0 Å². The zero-order valence-electron chi connectivity index (χ0n) is 33.3. The number of rotatable bonds is 7. The summed E-state index contributed by atoms with van der Waals surface area (Å²) in [4.78, 5) is 15.4. The van der Waals surface area contributed by atoms with Gasteiger partial charge in [0.1, 0.15) is 0 Å². The Morgan fingerprint density at radius 3 is 1.73 bits per heavy atom. The van der Waals surface area contributed by atoms with E-state index >= 15 is 0 Å². The Morgan fingerprint density at radius 2 is 1.07 bits per heavy atom. The fourth-order valence-corrected chi connectivity index (χ4v) is 11.3. The molecule has 9 aromatic rings. The van der Waals surface area contributed by atoms with Crippen LogP contribution in [0.4, 0.5) is 0 Å². The van der Waals surface area contributed by atoms with Crippen molar-refractivity contribution in [1.82, 2.24) is 14.5 Å². The van der Waals surface area contributed by atoms with Gasteiger partial charge in [-0.2, -0.15) is 0 Å². The molecule has 0 amide bonds. The number of benzene rings is 7. The van der Waals surface area contributed by atoms with Gasteiger partial charge in [0.15, 0.2) is 5.82 Å². The summed E-state index contributed by atoms with van der Waals surface area (Å²) in [5.74, 6) is 0.701. The highest BCUT2D eigenvalue weighted by Crippen LogP contribution is 2.56. The van der Waals surface area contributed by atoms with Crippen LogP contribution in [0, 0.1) is 0 Å². The monoisotopic (exact) mass is 805 g/mol. The van der Waals surface area contributed by atoms with Crippen molar-refractivity contribution in [3.8, 4) is 61.8 Å². The fraction of sp³-hybridized carbons (Fsp3) is 0.0545. The predicted octanol–water partition coefficient (Wildman–Crippen LogP) is 15.3. The first-order chi connectivity index (χ1) is 29.4. The molecule has 11 rings (SSSR count). The lowest BCUT2D eigenvalue weighted by Gasteiger charge is -2.24. The molecule has 0 radical (unpaired) electrons. The van der Waals surface area contributed by atoms with Crippen LogP contribution in [0.5, 0.6) is 0 Å². The average Bonchev–Trinajstić information content (AvgIpc) is 3.74. The molecule has 3 heterocycles. The largest absolute Gasteiger partial charge is 0.309 e. The minimum atomic E-state index is -0.0894. The van der Waals surface area contributed by atoms with Crippen molar-refractivity contribution < 1.29 is 0 Å². The normalized spacial score (nSPS) is 13.3. The number of fused-ring (bicyclic) bond motifs is 6. The van der Waals surface area contributed by atoms with Crippen LogP contribution in [0.3, 0.4) is 0 Å². The molecule has 5 heteroatoms. The standard InChI is InChI=1S/C55H39N3S2/c1-5-40-43-30-38(37-23-27-44-41(29-37)42-31-52-53(32-45(42)55(44,3)4)60-51-20-14-13-19-50(51)59-52)24-28-49(43)58(48(40)6-2)39-25-21-35(22-26-39)47-33-46(34-15-9-7-10-16-34)56-54(57-47)36-17-11-8-12-18-36/h5-33H,1-2H2,3-4H3. The molecule has 60 heavy (non-hydrogen) atoms. The molecule has 2 aromatic heterocycles. The molecule has 1 aliphatic carbocycles. The molecule has 1 aliphatic heterocycles. The lowest BCUT2D eigenvalue weighted by atomic mass is 9.82. The second kappa shape index (κ2) is 14.3. The van der Waals surface area contributed by atoms with Gasteiger partial charge < -0.3 is 4.57 Å². The zero-order valence-corrected chi connectivity index (χ0v) is 34.9. The number of hydrogen-bond acceptors (Lipinski definition) is 4. The molecule has 0 bridgehead atoms. The molecule has 286 valence electrons. The van der Waals surface area contributed by atoms with E-state index in [1.165, 1.54) is 53.0 Å². The Balaban J connectivity index is 0.970. The molecular weight excluding hydrogens is 767 g/mol. The summed E-state index contributed by atoms with van der Waals surface area (Å²) in [6, 6.07) is 58.7. The van der Waals surface area contributed by atoms with Gasteiger partial charge in [-0.05, 0) is 100 Å². The smallest absolute Gasteiger partial charge is 0.160 e. The molecule has 0 saturated heterocycles. The van der Waals surface area contributed by atoms with Gasteiger partial charge in [0.05, 0.1) is 22.6 Å². The molecule has 7 aromatic carbocycles. The van der Waals surface area contributed by atoms with Gasteiger partial charge in [-0.25, -0.2) is 9.97 Å². The predicted molar refractivity (Wildman–Crippen MR) is 253 cm³/mol. The Labute approximate surface area is 359 Å². The maximum Gasteiger partial charge on any atom is 0.160 e. The molecule has 3 nitrogen and oxygen atoms in total. The van der Waals surface area contributed by atoms with Crippen LogP contribution in [0.1, 0.15) is 36.2 Å². The van der Waals surface area contributed by atoms with Crippen molar-refractivity contribution in [3.63, 3.8) is 0 Å². The van der Waals surface area contributed by atoms with Crippen LogP contribution in [0.25, 0.3) is 84.9 Å². The maximum atomic E-state index is 5.06. The third-order valence-corrected chi connectivity index (χ3v) is 14.6. The van der Waals surface area contributed by atoms with Crippen molar-refractivity contribution in [2.75, 3.05) is 0 Å². The third kappa shape index (κ3) is 5.91. The lowest BCUT2D eigenvalue weighted by molar-refractivity contribution is 0.657. The summed E-state index contributed by atoms with van der Waals surface area (Å²) in [5, 5.41) is 1.14. The second-order valence-corrected chi connectivity index (χ2v) is 18.1. The Hall–Kier alpha value is -6.66. The summed E-state index contributed by atoms with van der Waals surface area (Å²) < 4.78 is 2.29. The first-order valence-electron chi connectivity index (χ1n) is 20.2. The molecule has 0 N–H and O–H groups in total. The summed E-state index contributed by atoms with van der Waals surface area (Å²) in [7, 11) is 0. The van der Waals surface area contributed by atoms with E-state index in [2.05, 4.69) is 159 Å². The molecule has 0 saturated carbocycles. The van der Waals surface area contributed by atoms with Crippen LogP contribution in [-0.2, 0) is 5.41 Å². The van der Waals surface area contributed by atoms with E-state index in [-0.39, 0.29) is 5.41 Å². The maximum absolute atomic E-state index is 5.06. The van der Waals surface area contributed by atoms with E-state index in [0.717, 1.165) is 55.9 Å². The van der Waals surface area contributed by atoms with Gasteiger partial charge in [0, 0.05) is 58.3 Å². The third-order valence-electron chi connectivity index (χ3n) is 12.1. The van der Waals surface area contributed by atoms with Crippen LogP contribution in [-0.4, -0.2) is 14.5 Å². The van der Waals surface area contributed by atoms with Gasteiger partial charge in [-0.3, -0.25) is 0 Å². The molecule has 2 aliphatic rings. The second-order valence-electron chi connectivity index (χ2n) is 15.9. The van der Waals surface area contributed by atoms with Crippen LogP contribution in [0.15, 0.2) is 197 Å². The van der Waals surface area contributed by atoms with E-state index < -0.39 is 0 Å². The minimum absolute atomic E-state index is 0.0894. The summed E-state index contributed by atoms with van der Waals surface area (Å²) in [6.07, 6.45) is 3.90. The Morgan fingerprint density at radius 1 is 0.500 bits per heavy atom. The highest BCUT2D eigenvalue weighted by atomic mass is 32.2. The molecular formula is C55H39N3S2. The first-order valence-corrected chi connectivity index (χ1v) is 21.8. The van der Waals surface area contributed by atoms with Gasteiger partial charge >= 0.3 is 0 Å². The summed E-state index contributed by atoms with van der Waals surface area (Å²) >= 11 is 3.78. The fourth-order valence-electron chi connectivity index (χ4n) is 9.01. The quantitative estimate of drug-likeness (QED) is 0.161. The molecule has 0 fully saturated rings. The SMILES string of the molecule is C=Cc1c(C=C)n(-c2ccc(-c3cc(-c4ccccc4)nc(-c4ccccc4)n3)cc2)c2ccc(-c3ccc4c(c3)-c3cc5c(cc3C4(C)C)Sc3ccccc3S5)cc12. The number of nitrogens with zero attached hydrogens (tertiary/aromatic N) is 3. The molecule has 0 unspecified atom stereocenters. The van der Waals surface area contributed by atoms with E-state index in [0.29, 0.717) is 5.82 Å². The van der Waals surface area contributed by atoms with E-state index in [1.54, 1.807) is 0 Å². The lowest BCUT2D eigenvalue weighted by Crippen LogP contribution is -2.15. The first kappa shape index (κ1) is 36.4. The minimum Gasteiger partial charge on any atom is -0.309 e. The summed E-state index contributed by atoms with van der Waals surface area (Å²) in [6.45, 7) is 13.3. The van der Waals surface area contributed by atoms with Gasteiger partial charge in [0.2, 0.25) is 0 Å². The van der Waals surface area contributed by atoms with Crippen molar-refractivity contribution in [2.24, 2.45) is 0 Å². The topological polar surface area (TPSA) is 30.7 Å². The number of aromatic nitrogens is 3. The van der Waals surface area contributed by atoms with E-state index in [9.17, 15) is 0 Å². The van der Waals surface area contributed by atoms with Crippen molar-refractivity contribution >= 4 is 46.6 Å². The van der Waals surface area contributed by atoms with Crippen molar-refractivity contribution in [3.05, 3.63) is 199 Å². The highest BCUT2D eigenvalue weighted by molar-refractivity contribution is 8.05. The average molecular weight is 806 g/mol. The Kier molecular flexibility index (Phi) is 8.66. The summed E-state index contributed by atoms with van der Waals surface area (Å²) in [5.41, 5.74) is 16.8. The van der Waals surface area contributed by atoms with Gasteiger partial charge in [0.25, 0.3) is 0 Å². The molecule has 0 atom stereocenters. The van der Waals surface area contributed by atoms with Crippen molar-refractivity contribution in [2.45, 2.75) is 38.8 Å². The highest BCUT2D eigenvalue weighted by Gasteiger charge is 2.37. The van der Waals surface area contributed by atoms with E-state index in [1.807, 2.05) is 72.1 Å². The van der Waals surface area contributed by atoms with Crippen LogP contribution >= 0.6 is 23.5 Å². The number of hydrogen-bond donors (Lipinski definition) is 0. The molecule has 0 spiro atoms. The van der Waals surface area contributed by atoms with Gasteiger partial charge in [-0.15, -0.1) is 0 Å². The Bertz CT molecular complexity index is 3140. The van der Waals surface area contributed by atoms with Gasteiger partial charge in [-0.1, -0.05) is 160 Å².